The Bertz CT molecular complexity index is 504. The Morgan fingerprint density at radius 3 is 2.63 bits per heavy atom. The lowest BCUT2D eigenvalue weighted by molar-refractivity contribution is 0.116. The zero-order chi connectivity index (χ0) is 13.9. The Hall–Kier alpha value is -0.890. The first kappa shape index (κ1) is 14.5. The van der Waals surface area contributed by atoms with Crippen molar-refractivity contribution < 1.29 is 17.9 Å². The largest absolute Gasteiger partial charge is 0.447 e. The van der Waals surface area contributed by atoms with Gasteiger partial charge in [-0.15, -0.1) is 0 Å². The van der Waals surface area contributed by atoms with Crippen molar-refractivity contribution in [2.45, 2.75) is 49.5 Å². The zero-order valence-corrected chi connectivity index (χ0v) is 11.7. The SMILES string of the molecule is CNS(=O)(=O)c1ccc(CNC2CCC(O)CC2)o1. The summed E-state index contributed by atoms with van der Waals surface area (Å²) in [6, 6.07) is 3.47. The first-order chi connectivity index (χ1) is 9.01. The molecule has 1 saturated carbocycles. The molecule has 0 atom stereocenters. The Morgan fingerprint density at radius 2 is 2.00 bits per heavy atom. The van der Waals surface area contributed by atoms with Crippen LogP contribution in [0.1, 0.15) is 31.4 Å². The van der Waals surface area contributed by atoms with Gasteiger partial charge in [-0.05, 0) is 44.9 Å². The summed E-state index contributed by atoms with van der Waals surface area (Å²) in [6.45, 7) is 0.500. The fourth-order valence-corrected chi connectivity index (χ4v) is 2.89. The van der Waals surface area contributed by atoms with Crippen molar-refractivity contribution in [1.82, 2.24) is 10.0 Å². The number of hydrogen-bond donors (Lipinski definition) is 3. The van der Waals surface area contributed by atoms with E-state index in [0.29, 0.717) is 18.3 Å². The maximum absolute atomic E-state index is 11.5. The Labute approximate surface area is 113 Å². The second-order valence-electron chi connectivity index (χ2n) is 4.81. The van der Waals surface area contributed by atoms with E-state index in [-0.39, 0.29) is 11.2 Å². The quantitative estimate of drug-likeness (QED) is 0.737. The second kappa shape index (κ2) is 6.04. The molecule has 0 aromatic carbocycles. The van der Waals surface area contributed by atoms with Crippen molar-refractivity contribution >= 4 is 10.0 Å². The normalized spacial score (nSPS) is 24.5. The molecule has 0 amide bonds. The molecule has 0 saturated heterocycles. The summed E-state index contributed by atoms with van der Waals surface area (Å²) < 4.78 is 30.5. The molecule has 108 valence electrons. The molecule has 2 rings (SSSR count). The molecule has 1 aromatic heterocycles. The van der Waals surface area contributed by atoms with Gasteiger partial charge in [-0.25, -0.2) is 13.1 Å². The van der Waals surface area contributed by atoms with Crippen molar-refractivity contribution in [3.63, 3.8) is 0 Å². The predicted molar refractivity (Wildman–Crippen MR) is 70.1 cm³/mol. The van der Waals surface area contributed by atoms with Crippen molar-refractivity contribution in [3.8, 4) is 0 Å². The van der Waals surface area contributed by atoms with Gasteiger partial charge in [0.2, 0.25) is 5.09 Å². The van der Waals surface area contributed by atoms with E-state index >= 15 is 0 Å². The van der Waals surface area contributed by atoms with Crippen LogP contribution in [0.3, 0.4) is 0 Å². The minimum absolute atomic E-state index is 0.0640. The highest BCUT2D eigenvalue weighted by Gasteiger charge is 2.20. The fraction of sp³-hybridized carbons (Fsp3) is 0.667. The van der Waals surface area contributed by atoms with Crippen LogP contribution in [-0.2, 0) is 16.6 Å². The lowest BCUT2D eigenvalue weighted by atomic mass is 9.93. The summed E-state index contributed by atoms with van der Waals surface area (Å²) in [5, 5.41) is 12.7. The molecule has 1 aromatic rings. The van der Waals surface area contributed by atoms with Gasteiger partial charge in [0.15, 0.2) is 0 Å². The summed E-state index contributed by atoms with van der Waals surface area (Å²) in [5.41, 5.74) is 0. The van der Waals surface area contributed by atoms with Crippen LogP contribution < -0.4 is 10.0 Å². The Balaban J connectivity index is 1.87. The number of aliphatic hydroxyl groups excluding tert-OH is 1. The summed E-state index contributed by atoms with van der Waals surface area (Å²) >= 11 is 0. The van der Waals surface area contributed by atoms with E-state index < -0.39 is 10.0 Å². The predicted octanol–water partition coefficient (Wildman–Crippen LogP) is 0.581. The van der Waals surface area contributed by atoms with Crippen LogP contribution in [0.5, 0.6) is 0 Å². The van der Waals surface area contributed by atoms with Gasteiger partial charge < -0.3 is 14.8 Å². The Morgan fingerprint density at radius 1 is 1.32 bits per heavy atom. The molecule has 7 heteroatoms. The van der Waals surface area contributed by atoms with E-state index in [1.807, 2.05) is 0 Å². The van der Waals surface area contributed by atoms with Gasteiger partial charge in [-0.2, -0.15) is 0 Å². The third kappa shape index (κ3) is 3.79. The highest BCUT2D eigenvalue weighted by Crippen LogP contribution is 2.19. The maximum atomic E-state index is 11.5. The number of nitrogens with one attached hydrogen (secondary N) is 2. The minimum Gasteiger partial charge on any atom is -0.447 e. The smallest absolute Gasteiger partial charge is 0.273 e. The van der Waals surface area contributed by atoms with Crippen molar-refractivity contribution in [3.05, 3.63) is 17.9 Å². The zero-order valence-electron chi connectivity index (χ0n) is 10.9. The lowest BCUT2D eigenvalue weighted by Crippen LogP contribution is -2.34. The summed E-state index contributed by atoms with van der Waals surface area (Å²) in [4.78, 5) is 0. The number of rotatable bonds is 5. The summed E-state index contributed by atoms with van der Waals surface area (Å²) in [5.74, 6) is 0.597. The van der Waals surface area contributed by atoms with Gasteiger partial charge in [-0.3, -0.25) is 0 Å². The van der Waals surface area contributed by atoms with E-state index in [1.54, 1.807) is 6.07 Å². The molecule has 1 heterocycles. The molecule has 1 fully saturated rings. The van der Waals surface area contributed by atoms with E-state index in [4.69, 9.17) is 4.42 Å². The standard InChI is InChI=1S/C12H20N2O4S/c1-13-19(16,17)12-7-6-11(18-12)8-14-9-2-4-10(15)5-3-9/h6-7,9-10,13-15H,2-5,8H2,1H3. The van der Waals surface area contributed by atoms with E-state index in [1.165, 1.54) is 13.1 Å². The van der Waals surface area contributed by atoms with Crippen LogP contribution in [0.15, 0.2) is 21.6 Å². The van der Waals surface area contributed by atoms with Gasteiger partial charge >= 0.3 is 0 Å². The number of furan rings is 1. The van der Waals surface area contributed by atoms with Gasteiger partial charge in [0, 0.05) is 6.04 Å². The molecule has 0 aliphatic heterocycles. The molecule has 3 N–H and O–H groups in total. The van der Waals surface area contributed by atoms with Gasteiger partial charge in [0.25, 0.3) is 10.0 Å². The lowest BCUT2D eigenvalue weighted by Gasteiger charge is -2.25. The molecule has 6 nitrogen and oxygen atoms in total. The van der Waals surface area contributed by atoms with E-state index in [9.17, 15) is 13.5 Å². The molecule has 0 radical (unpaired) electrons. The minimum atomic E-state index is -3.51. The highest BCUT2D eigenvalue weighted by molar-refractivity contribution is 7.89. The average molecular weight is 288 g/mol. The van der Waals surface area contributed by atoms with Crippen molar-refractivity contribution in [2.75, 3.05) is 7.05 Å². The number of hydrogen-bond acceptors (Lipinski definition) is 5. The van der Waals surface area contributed by atoms with Gasteiger partial charge in [0.05, 0.1) is 12.6 Å². The molecular weight excluding hydrogens is 268 g/mol. The van der Waals surface area contributed by atoms with Crippen LogP contribution in [0.25, 0.3) is 0 Å². The van der Waals surface area contributed by atoms with E-state index in [2.05, 4.69) is 10.0 Å². The molecular formula is C12H20N2O4S. The first-order valence-electron chi connectivity index (χ1n) is 6.45. The van der Waals surface area contributed by atoms with Gasteiger partial charge in [0.1, 0.15) is 5.76 Å². The van der Waals surface area contributed by atoms with Crippen molar-refractivity contribution in [1.29, 1.82) is 0 Å². The third-order valence-electron chi connectivity index (χ3n) is 3.43. The van der Waals surface area contributed by atoms with Crippen molar-refractivity contribution in [2.24, 2.45) is 0 Å². The number of aliphatic hydroxyl groups is 1. The average Bonchev–Trinajstić information content (AvgIpc) is 2.88. The molecule has 19 heavy (non-hydrogen) atoms. The monoisotopic (exact) mass is 288 g/mol. The van der Waals surface area contributed by atoms with Crippen LogP contribution in [-0.4, -0.2) is 32.7 Å². The topological polar surface area (TPSA) is 91.6 Å². The van der Waals surface area contributed by atoms with Gasteiger partial charge in [-0.1, -0.05) is 0 Å². The van der Waals surface area contributed by atoms with E-state index in [0.717, 1.165) is 25.7 Å². The summed E-state index contributed by atoms with van der Waals surface area (Å²) in [6.07, 6.45) is 3.33. The highest BCUT2D eigenvalue weighted by atomic mass is 32.2. The molecule has 0 unspecified atom stereocenters. The van der Waals surface area contributed by atoms with Crippen LogP contribution >= 0.6 is 0 Å². The molecule has 1 aliphatic rings. The molecule has 0 bridgehead atoms. The summed E-state index contributed by atoms with van der Waals surface area (Å²) in [7, 11) is -2.16. The fourth-order valence-electron chi connectivity index (χ4n) is 2.22. The van der Waals surface area contributed by atoms with Crippen LogP contribution in [0.2, 0.25) is 0 Å². The Kier molecular flexibility index (Phi) is 4.62. The van der Waals surface area contributed by atoms with Crippen LogP contribution in [0, 0.1) is 0 Å². The number of sulfonamides is 1. The maximum Gasteiger partial charge on any atom is 0.273 e. The van der Waals surface area contributed by atoms with Crippen LogP contribution in [0.4, 0.5) is 0 Å². The second-order valence-corrected chi connectivity index (χ2v) is 6.63. The first-order valence-corrected chi connectivity index (χ1v) is 7.93. The molecule has 0 spiro atoms. The third-order valence-corrected chi connectivity index (χ3v) is 4.72. The molecule has 1 aliphatic carbocycles.